The average molecular weight is 259 g/mol. The maximum atomic E-state index is 10.5. The van der Waals surface area contributed by atoms with E-state index >= 15 is 0 Å². The van der Waals surface area contributed by atoms with E-state index in [1.807, 2.05) is 0 Å². The maximum absolute atomic E-state index is 10.5. The van der Waals surface area contributed by atoms with Crippen molar-refractivity contribution in [2.75, 3.05) is 0 Å². The Kier molecular flexibility index (Phi) is 3.68. The molecule has 0 aromatic heterocycles. The molecule has 0 radical (unpaired) electrons. The number of hydrogen-bond acceptors (Lipinski definition) is 2. The van der Waals surface area contributed by atoms with Crippen molar-refractivity contribution in [1.29, 1.82) is 0 Å². The third kappa shape index (κ3) is 3.20. The van der Waals surface area contributed by atoms with E-state index in [1.54, 1.807) is 12.1 Å². The molecule has 1 aromatic rings. The predicted octanol–water partition coefficient (Wildman–Crippen LogP) is 0.217. The summed E-state index contributed by atoms with van der Waals surface area (Å²) < 4.78 is 0.893. The van der Waals surface area contributed by atoms with Crippen LogP contribution in [-0.2, 0) is 4.79 Å². The average Bonchev–Trinajstić information content (AvgIpc) is 2.15. The summed E-state index contributed by atoms with van der Waals surface area (Å²) >= 11 is -0.122. The Bertz CT molecular complexity index is 344. The first-order valence-corrected chi connectivity index (χ1v) is 5.84. The molecule has 74 valence electrons. The second kappa shape index (κ2) is 4.79. The van der Waals surface area contributed by atoms with Crippen LogP contribution in [0.5, 0.6) is 0 Å². The molecule has 0 aliphatic rings. The van der Waals surface area contributed by atoms with E-state index in [4.69, 9.17) is 10.2 Å². The van der Waals surface area contributed by atoms with E-state index in [2.05, 4.69) is 0 Å². The van der Waals surface area contributed by atoms with Gasteiger partial charge in [0.1, 0.15) is 0 Å². The molecule has 2 N–H and O–H groups in total. The molecule has 1 rings (SSSR count). The van der Waals surface area contributed by atoms with Crippen molar-refractivity contribution in [2.24, 2.45) is 0 Å². The van der Waals surface area contributed by atoms with Gasteiger partial charge in [0, 0.05) is 0 Å². The number of carboxylic acid groups (broad SMARTS) is 2. The first kappa shape index (κ1) is 10.8. The number of benzene rings is 1. The van der Waals surface area contributed by atoms with Gasteiger partial charge in [-0.1, -0.05) is 0 Å². The van der Waals surface area contributed by atoms with Crippen molar-refractivity contribution >= 4 is 31.4 Å². The van der Waals surface area contributed by atoms with Crippen LogP contribution in [0.25, 0.3) is 0 Å². The van der Waals surface area contributed by atoms with Crippen molar-refractivity contribution in [3.05, 3.63) is 29.8 Å². The van der Waals surface area contributed by atoms with Gasteiger partial charge in [0.15, 0.2) is 0 Å². The molecule has 0 amide bonds. The Balaban J connectivity index is 2.64. The molecule has 1 aromatic carbocycles. The zero-order chi connectivity index (χ0) is 10.6. The molecule has 0 bridgehead atoms. The molecular weight excluding hydrogens is 251 g/mol. The number of rotatable bonds is 4. The normalized spacial score (nSPS) is 9.71. The van der Waals surface area contributed by atoms with Crippen molar-refractivity contribution in [3.8, 4) is 0 Å². The van der Waals surface area contributed by atoms with Gasteiger partial charge in [0.2, 0.25) is 0 Å². The minimum atomic E-state index is -0.970. The first-order valence-electron chi connectivity index (χ1n) is 3.77. The second-order valence-electron chi connectivity index (χ2n) is 2.51. The van der Waals surface area contributed by atoms with Crippen LogP contribution >= 0.6 is 0 Å². The van der Waals surface area contributed by atoms with Gasteiger partial charge in [-0.05, 0) is 0 Å². The van der Waals surface area contributed by atoms with Crippen LogP contribution in [0.4, 0.5) is 0 Å². The Morgan fingerprint density at radius 2 is 1.71 bits per heavy atom. The standard InChI is InChI=1S/C9H8O4Se/c10-8(11)5-14-7-3-1-6(2-4-7)9(12)13/h1-4H,5H2,(H,10,11)(H,12,13). The molecule has 0 heterocycles. The molecule has 14 heavy (non-hydrogen) atoms. The Morgan fingerprint density at radius 3 is 2.14 bits per heavy atom. The molecular formula is C9H8O4Se. The molecule has 0 atom stereocenters. The van der Waals surface area contributed by atoms with E-state index in [-0.39, 0.29) is 25.8 Å². The summed E-state index contributed by atoms with van der Waals surface area (Å²) in [5.41, 5.74) is 0.222. The molecule has 4 nitrogen and oxygen atoms in total. The van der Waals surface area contributed by atoms with Crippen molar-refractivity contribution in [1.82, 2.24) is 0 Å². The van der Waals surface area contributed by atoms with Crippen LogP contribution in [0.1, 0.15) is 10.4 Å². The molecule has 0 fully saturated rings. The number of carboxylic acids is 2. The number of hydrogen-bond donors (Lipinski definition) is 2. The third-order valence-electron chi connectivity index (χ3n) is 1.46. The molecule has 0 aliphatic heterocycles. The van der Waals surface area contributed by atoms with Gasteiger partial charge in [-0.3, -0.25) is 0 Å². The molecule has 0 unspecified atom stereocenters. The summed E-state index contributed by atoms with van der Waals surface area (Å²) in [7, 11) is 0. The van der Waals surface area contributed by atoms with Crippen molar-refractivity contribution in [2.45, 2.75) is 5.32 Å². The molecule has 5 heteroatoms. The van der Waals surface area contributed by atoms with E-state index in [1.165, 1.54) is 12.1 Å². The summed E-state index contributed by atoms with van der Waals surface area (Å²) in [5, 5.41) is 17.2. The van der Waals surface area contributed by atoms with E-state index in [9.17, 15) is 9.59 Å². The summed E-state index contributed by atoms with van der Waals surface area (Å²) in [6.07, 6.45) is 0. The Hall–Kier alpha value is -1.32. The fourth-order valence-electron chi connectivity index (χ4n) is 0.839. The van der Waals surface area contributed by atoms with Gasteiger partial charge in [0.05, 0.1) is 0 Å². The minimum absolute atomic E-state index is 0.122. The van der Waals surface area contributed by atoms with Crippen LogP contribution in [0.15, 0.2) is 24.3 Å². The summed E-state index contributed by atoms with van der Waals surface area (Å²) in [6.45, 7) is 0. The fourth-order valence-corrected chi connectivity index (χ4v) is 2.14. The number of aromatic carboxylic acids is 1. The van der Waals surface area contributed by atoms with Gasteiger partial charge < -0.3 is 0 Å². The van der Waals surface area contributed by atoms with Crippen LogP contribution in [0.3, 0.4) is 0 Å². The SMILES string of the molecule is O=C(O)C[Se]c1ccc(C(=O)O)cc1. The summed E-state index contributed by atoms with van der Waals surface area (Å²) in [5.74, 6) is -1.80. The van der Waals surface area contributed by atoms with Gasteiger partial charge in [0.25, 0.3) is 0 Å². The zero-order valence-corrected chi connectivity index (χ0v) is 8.85. The monoisotopic (exact) mass is 260 g/mol. The topological polar surface area (TPSA) is 74.6 Å². The van der Waals surface area contributed by atoms with Crippen molar-refractivity contribution < 1.29 is 19.8 Å². The van der Waals surface area contributed by atoms with Crippen molar-refractivity contribution in [3.63, 3.8) is 0 Å². The molecule has 0 aliphatic carbocycles. The van der Waals surface area contributed by atoms with Gasteiger partial charge in [-0.2, -0.15) is 0 Å². The second-order valence-corrected chi connectivity index (χ2v) is 4.71. The summed E-state index contributed by atoms with van der Waals surface area (Å²) in [4.78, 5) is 20.8. The van der Waals surface area contributed by atoms with Crippen LogP contribution in [0, 0.1) is 0 Å². The molecule has 0 saturated heterocycles. The number of aliphatic carboxylic acids is 1. The number of carbonyl (C=O) groups is 2. The quantitative estimate of drug-likeness (QED) is 0.758. The zero-order valence-electron chi connectivity index (χ0n) is 7.14. The molecule has 0 saturated carbocycles. The van der Waals surface area contributed by atoms with Crippen LogP contribution < -0.4 is 4.46 Å². The third-order valence-corrected chi connectivity index (χ3v) is 3.55. The van der Waals surface area contributed by atoms with Crippen LogP contribution in [-0.4, -0.2) is 37.1 Å². The van der Waals surface area contributed by atoms with Crippen LogP contribution in [0.2, 0.25) is 5.32 Å². The van der Waals surface area contributed by atoms with E-state index < -0.39 is 11.9 Å². The predicted molar refractivity (Wildman–Crippen MR) is 51.2 cm³/mol. The Morgan fingerprint density at radius 1 is 1.14 bits per heavy atom. The Labute approximate surface area is 86.7 Å². The van der Waals surface area contributed by atoms with E-state index in [0.29, 0.717) is 0 Å². The fraction of sp³-hybridized carbons (Fsp3) is 0.111. The van der Waals surface area contributed by atoms with Gasteiger partial charge in [-0.15, -0.1) is 0 Å². The molecule has 0 spiro atoms. The van der Waals surface area contributed by atoms with Gasteiger partial charge in [-0.25, -0.2) is 0 Å². The van der Waals surface area contributed by atoms with E-state index in [0.717, 1.165) is 4.46 Å². The van der Waals surface area contributed by atoms with Gasteiger partial charge >= 0.3 is 86.3 Å². The summed E-state index contributed by atoms with van der Waals surface area (Å²) in [6, 6.07) is 6.29. The first-order chi connectivity index (χ1) is 6.59.